The van der Waals surface area contributed by atoms with Gasteiger partial charge in [-0.2, -0.15) is 0 Å². The number of piperidine rings is 1. The molecule has 1 amide bonds. The Balaban J connectivity index is 1.83. The van der Waals surface area contributed by atoms with E-state index in [0.717, 1.165) is 26.1 Å². The Hall–Kier alpha value is -0.570. The fourth-order valence-corrected chi connectivity index (χ4v) is 4.24. The number of hydrogen-bond acceptors (Lipinski definition) is 2. The third kappa shape index (κ3) is 3.97. The largest absolute Gasteiger partial charge is 0.340 e. The number of carbonyl (C=O) groups is 1. The lowest BCUT2D eigenvalue weighted by Gasteiger charge is -2.46. The first kappa shape index (κ1) is 15.8. The molecule has 2 fully saturated rings. The van der Waals surface area contributed by atoms with E-state index in [9.17, 15) is 4.79 Å². The summed E-state index contributed by atoms with van der Waals surface area (Å²) in [5.41, 5.74) is 0.0365. The molecule has 1 aliphatic heterocycles. The van der Waals surface area contributed by atoms with Crippen molar-refractivity contribution in [2.75, 3.05) is 19.6 Å². The summed E-state index contributed by atoms with van der Waals surface area (Å²) in [6.45, 7) is 11.5. The smallest absolute Gasteiger partial charge is 0.228 e. The van der Waals surface area contributed by atoms with E-state index in [4.69, 9.17) is 0 Å². The lowest BCUT2D eigenvalue weighted by atomic mass is 9.70. The predicted molar refractivity (Wildman–Crippen MR) is 83.6 cm³/mol. The Bertz CT molecular complexity index is 343. The van der Waals surface area contributed by atoms with Gasteiger partial charge in [0.1, 0.15) is 0 Å². The second-order valence-corrected chi connectivity index (χ2v) is 8.24. The second kappa shape index (κ2) is 6.05. The molecule has 0 bridgehead atoms. The summed E-state index contributed by atoms with van der Waals surface area (Å²) < 4.78 is 0. The molecule has 0 aromatic carbocycles. The molecule has 0 aromatic rings. The zero-order valence-electron chi connectivity index (χ0n) is 13.8. The van der Waals surface area contributed by atoms with Crippen molar-refractivity contribution in [3.05, 3.63) is 0 Å². The molecular weight excluding hydrogens is 248 g/mol. The van der Waals surface area contributed by atoms with Crippen LogP contribution in [-0.2, 0) is 4.79 Å². The van der Waals surface area contributed by atoms with Crippen LogP contribution in [0, 0.1) is 10.8 Å². The fourth-order valence-electron chi connectivity index (χ4n) is 4.24. The van der Waals surface area contributed by atoms with Gasteiger partial charge in [-0.25, -0.2) is 0 Å². The van der Waals surface area contributed by atoms with E-state index in [0.29, 0.717) is 11.9 Å². The molecule has 2 aliphatic rings. The molecule has 1 aliphatic carbocycles. The minimum absolute atomic E-state index is 0.202. The van der Waals surface area contributed by atoms with Crippen LogP contribution >= 0.6 is 0 Å². The van der Waals surface area contributed by atoms with Crippen LogP contribution in [0.15, 0.2) is 0 Å². The molecular formula is C17H32N2O. The maximum atomic E-state index is 12.5. The first-order chi connectivity index (χ1) is 9.30. The van der Waals surface area contributed by atoms with Gasteiger partial charge in [-0.05, 0) is 24.7 Å². The van der Waals surface area contributed by atoms with Crippen LogP contribution < -0.4 is 5.32 Å². The molecule has 0 spiro atoms. The summed E-state index contributed by atoms with van der Waals surface area (Å²) in [6.07, 6.45) is 7.73. The van der Waals surface area contributed by atoms with Gasteiger partial charge in [0, 0.05) is 31.1 Å². The monoisotopic (exact) mass is 280 g/mol. The second-order valence-electron chi connectivity index (χ2n) is 8.24. The minimum atomic E-state index is -0.202. The normalized spacial score (nSPS) is 26.8. The average molecular weight is 280 g/mol. The van der Waals surface area contributed by atoms with Gasteiger partial charge in [0.2, 0.25) is 5.91 Å². The maximum absolute atomic E-state index is 12.5. The Morgan fingerprint density at radius 1 is 1.15 bits per heavy atom. The Kier molecular flexibility index (Phi) is 4.78. The van der Waals surface area contributed by atoms with Gasteiger partial charge in [0.25, 0.3) is 0 Å². The van der Waals surface area contributed by atoms with Crippen LogP contribution in [0.4, 0.5) is 0 Å². The number of amides is 1. The minimum Gasteiger partial charge on any atom is -0.340 e. The molecule has 1 saturated heterocycles. The molecule has 1 N–H and O–H groups in total. The standard InChI is InChI=1S/C17H32N2O/c1-16(2)12-17(3,4)15(20)19(13-16)11-10-18-14-8-6-5-7-9-14/h14,18H,5-13H2,1-4H3. The van der Waals surface area contributed by atoms with Crippen molar-refractivity contribution < 1.29 is 4.79 Å². The maximum Gasteiger partial charge on any atom is 0.228 e. The van der Waals surface area contributed by atoms with Crippen molar-refractivity contribution >= 4 is 5.91 Å². The van der Waals surface area contributed by atoms with Crippen molar-refractivity contribution in [2.24, 2.45) is 10.8 Å². The Morgan fingerprint density at radius 2 is 1.80 bits per heavy atom. The van der Waals surface area contributed by atoms with E-state index in [2.05, 4.69) is 37.9 Å². The van der Waals surface area contributed by atoms with E-state index in [1.165, 1.54) is 32.1 Å². The van der Waals surface area contributed by atoms with E-state index in [1.807, 2.05) is 0 Å². The lowest BCUT2D eigenvalue weighted by molar-refractivity contribution is -0.149. The first-order valence-electron chi connectivity index (χ1n) is 8.33. The predicted octanol–water partition coefficient (Wildman–Crippen LogP) is 3.19. The summed E-state index contributed by atoms with van der Waals surface area (Å²) in [4.78, 5) is 14.6. The molecule has 116 valence electrons. The van der Waals surface area contributed by atoms with Crippen molar-refractivity contribution in [3.8, 4) is 0 Å². The third-order valence-corrected chi connectivity index (χ3v) is 4.83. The molecule has 3 nitrogen and oxygen atoms in total. The molecule has 2 rings (SSSR count). The Labute approximate surface area is 124 Å². The van der Waals surface area contributed by atoms with Gasteiger partial charge < -0.3 is 10.2 Å². The summed E-state index contributed by atoms with van der Waals surface area (Å²) in [5.74, 6) is 0.335. The number of rotatable bonds is 4. The molecule has 3 heteroatoms. The Morgan fingerprint density at radius 3 is 2.45 bits per heavy atom. The number of likely N-dealkylation sites (tertiary alicyclic amines) is 1. The van der Waals surface area contributed by atoms with Gasteiger partial charge >= 0.3 is 0 Å². The van der Waals surface area contributed by atoms with Gasteiger partial charge in [-0.15, -0.1) is 0 Å². The molecule has 0 radical (unpaired) electrons. The highest BCUT2D eigenvalue weighted by atomic mass is 16.2. The fraction of sp³-hybridized carbons (Fsp3) is 0.941. The highest BCUT2D eigenvalue weighted by Crippen LogP contribution is 2.40. The van der Waals surface area contributed by atoms with E-state index >= 15 is 0 Å². The molecule has 0 unspecified atom stereocenters. The van der Waals surface area contributed by atoms with Gasteiger partial charge in [-0.1, -0.05) is 47.0 Å². The SMILES string of the molecule is CC1(C)CN(CCNC2CCCCC2)C(=O)C(C)(C)C1. The van der Waals surface area contributed by atoms with E-state index in [-0.39, 0.29) is 10.8 Å². The summed E-state index contributed by atoms with van der Waals surface area (Å²) in [6, 6.07) is 0.685. The average Bonchev–Trinajstić information content (AvgIpc) is 2.35. The van der Waals surface area contributed by atoms with Crippen LogP contribution in [-0.4, -0.2) is 36.5 Å². The highest BCUT2D eigenvalue weighted by molar-refractivity contribution is 5.83. The zero-order chi connectivity index (χ0) is 14.8. The highest BCUT2D eigenvalue weighted by Gasteiger charge is 2.43. The van der Waals surface area contributed by atoms with Gasteiger partial charge in [0.05, 0.1) is 0 Å². The lowest BCUT2D eigenvalue weighted by Crippen LogP contribution is -2.54. The topological polar surface area (TPSA) is 32.3 Å². The van der Waals surface area contributed by atoms with Crippen LogP contribution in [0.3, 0.4) is 0 Å². The number of nitrogens with zero attached hydrogens (tertiary/aromatic N) is 1. The van der Waals surface area contributed by atoms with Crippen LogP contribution in [0.1, 0.15) is 66.2 Å². The van der Waals surface area contributed by atoms with Crippen molar-refractivity contribution in [3.63, 3.8) is 0 Å². The molecule has 20 heavy (non-hydrogen) atoms. The van der Waals surface area contributed by atoms with E-state index < -0.39 is 0 Å². The number of carbonyl (C=O) groups excluding carboxylic acids is 1. The number of hydrogen-bond donors (Lipinski definition) is 1. The van der Waals surface area contributed by atoms with Gasteiger partial charge in [0.15, 0.2) is 0 Å². The van der Waals surface area contributed by atoms with Crippen LogP contribution in [0.25, 0.3) is 0 Å². The summed E-state index contributed by atoms with van der Waals surface area (Å²) in [5, 5.41) is 3.65. The third-order valence-electron chi connectivity index (χ3n) is 4.83. The van der Waals surface area contributed by atoms with Crippen molar-refractivity contribution in [2.45, 2.75) is 72.3 Å². The quantitative estimate of drug-likeness (QED) is 0.857. The van der Waals surface area contributed by atoms with Crippen LogP contribution in [0.2, 0.25) is 0 Å². The van der Waals surface area contributed by atoms with Gasteiger partial charge in [-0.3, -0.25) is 4.79 Å². The first-order valence-corrected chi connectivity index (χ1v) is 8.33. The van der Waals surface area contributed by atoms with Crippen molar-refractivity contribution in [1.29, 1.82) is 0 Å². The molecule has 0 atom stereocenters. The molecule has 1 saturated carbocycles. The van der Waals surface area contributed by atoms with E-state index in [1.54, 1.807) is 0 Å². The molecule has 0 aromatic heterocycles. The van der Waals surface area contributed by atoms with Crippen molar-refractivity contribution in [1.82, 2.24) is 10.2 Å². The zero-order valence-corrected chi connectivity index (χ0v) is 13.8. The molecule has 1 heterocycles. The van der Waals surface area contributed by atoms with Crippen LogP contribution in [0.5, 0.6) is 0 Å². The number of nitrogens with one attached hydrogen (secondary N) is 1. The summed E-state index contributed by atoms with van der Waals surface area (Å²) >= 11 is 0. The summed E-state index contributed by atoms with van der Waals surface area (Å²) in [7, 11) is 0.